The number of hydrogen-bond acceptors (Lipinski definition) is 5. The molecule has 0 aliphatic carbocycles. The molecule has 1 saturated heterocycles. The molecule has 2 atom stereocenters. The van der Waals surface area contributed by atoms with E-state index in [0.717, 1.165) is 12.8 Å². The molecular formula is C21H24N2O4. The second kappa shape index (κ2) is 9.19. The van der Waals surface area contributed by atoms with Crippen LogP contribution >= 0.6 is 0 Å². The summed E-state index contributed by atoms with van der Waals surface area (Å²) in [6.07, 6.45) is 1.76. The zero-order valence-corrected chi connectivity index (χ0v) is 15.3. The molecule has 1 aliphatic rings. The molecule has 1 fully saturated rings. The molecule has 3 rings (SSSR count). The Kier molecular flexibility index (Phi) is 6.44. The first kappa shape index (κ1) is 18.9. The van der Waals surface area contributed by atoms with Gasteiger partial charge in [-0.1, -0.05) is 36.4 Å². The van der Waals surface area contributed by atoms with E-state index in [9.17, 15) is 9.59 Å². The summed E-state index contributed by atoms with van der Waals surface area (Å²) in [5.74, 6) is 0.143. The van der Waals surface area contributed by atoms with Gasteiger partial charge >= 0.3 is 5.97 Å². The number of amides is 1. The van der Waals surface area contributed by atoms with Gasteiger partial charge in [0.15, 0.2) is 0 Å². The molecule has 6 nitrogen and oxygen atoms in total. The molecule has 0 bridgehead atoms. The van der Waals surface area contributed by atoms with Gasteiger partial charge in [-0.2, -0.15) is 0 Å². The van der Waals surface area contributed by atoms with Gasteiger partial charge in [0.25, 0.3) is 0 Å². The monoisotopic (exact) mass is 368 g/mol. The summed E-state index contributed by atoms with van der Waals surface area (Å²) in [6, 6.07) is 17.0. The molecule has 0 unspecified atom stereocenters. The molecule has 0 saturated carbocycles. The van der Waals surface area contributed by atoms with Crippen molar-refractivity contribution in [2.45, 2.75) is 24.9 Å². The number of nitrogens with one attached hydrogen (secondary N) is 2. The fourth-order valence-electron chi connectivity index (χ4n) is 3.19. The second-order valence-corrected chi connectivity index (χ2v) is 6.42. The van der Waals surface area contributed by atoms with Gasteiger partial charge < -0.3 is 14.8 Å². The first-order valence-electron chi connectivity index (χ1n) is 9.07. The Morgan fingerprint density at radius 2 is 1.93 bits per heavy atom. The standard InChI is InChI=1S/C21H24N2O4/c1-26-21(25)16-8-5-9-17(14-16)27-13-12-22-20(24)19-11-10-18(23-19)15-6-3-2-4-7-15/h2-9,14,18-19,23H,10-13H2,1H3,(H,22,24)/t18-,19-/m1/s1. The van der Waals surface area contributed by atoms with Crippen LogP contribution in [0.1, 0.15) is 34.8 Å². The van der Waals surface area contributed by atoms with E-state index in [1.54, 1.807) is 24.3 Å². The van der Waals surface area contributed by atoms with Gasteiger partial charge in [0, 0.05) is 6.04 Å². The first-order chi connectivity index (χ1) is 13.2. The van der Waals surface area contributed by atoms with Crippen molar-refractivity contribution in [2.75, 3.05) is 20.3 Å². The van der Waals surface area contributed by atoms with Crippen molar-refractivity contribution in [3.63, 3.8) is 0 Å². The van der Waals surface area contributed by atoms with Crippen molar-refractivity contribution in [2.24, 2.45) is 0 Å². The van der Waals surface area contributed by atoms with Gasteiger partial charge in [-0.3, -0.25) is 10.1 Å². The van der Waals surface area contributed by atoms with Gasteiger partial charge in [-0.05, 0) is 36.6 Å². The normalized spacial score (nSPS) is 18.7. The fourth-order valence-corrected chi connectivity index (χ4v) is 3.19. The quantitative estimate of drug-likeness (QED) is 0.580. The van der Waals surface area contributed by atoms with Crippen LogP contribution in [0.3, 0.4) is 0 Å². The number of carbonyl (C=O) groups is 2. The van der Waals surface area contributed by atoms with Crippen molar-refractivity contribution >= 4 is 11.9 Å². The lowest BCUT2D eigenvalue weighted by Gasteiger charge is -2.15. The Balaban J connectivity index is 1.41. The van der Waals surface area contributed by atoms with Gasteiger partial charge in [0.05, 0.1) is 25.3 Å². The van der Waals surface area contributed by atoms with Crippen molar-refractivity contribution in [3.8, 4) is 5.75 Å². The lowest BCUT2D eigenvalue weighted by atomic mass is 10.1. The summed E-state index contributed by atoms with van der Waals surface area (Å²) in [5, 5.41) is 6.29. The lowest BCUT2D eigenvalue weighted by Crippen LogP contribution is -2.42. The van der Waals surface area contributed by atoms with E-state index in [4.69, 9.17) is 4.74 Å². The minimum absolute atomic E-state index is 0.0136. The predicted octanol–water partition coefficient (Wildman–Crippen LogP) is 2.46. The van der Waals surface area contributed by atoms with Gasteiger partial charge in [-0.25, -0.2) is 4.79 Å². The predicted molar refractivity (Wildman–Crippen MR) is 102 cm³/mol. The molecule has 2 aromatic rings. The molecule has 6 heteroatoms. The van der Waals surface area contributed by atoms with Crippen LogP contribution in [0.2, 0.25) is 0 Å². The highest BCUT2D eigenvalue weighted by molar-refractivity contribution is 5.89. The number of rotatable bonds is 7. The lowest BCUT2D eigenvalue weighted by molar-refractivity contribution is -0.122. The third-order valence-electron chi connectivity index (χ3n) is 4.59. The van der Waals surface area contributed by atoms with Crippen LogP contribution in [0, 0.1) is 0 Å². The van der Waals surface area contributed by atoms with Crippen LogP contribution in [0.5, 0.6) is 5.75 Å². The summed E-state index contributed by atoms with van der Waals surface area (Å²) in [6.45, 7) is 0.723. The highest BCUT2D eigenvalue weighted by Gasteiger charge is 2.29. The fraction of sp³-hybridized carbons (Fsp3) is 0.333. The van der Waals surface area contributed by atoms with Crippen LogP contribution in [-0.4, -0.2) is 38.2 Å². The summed E-state index contributed by atoms with van der Waals surface area (Å²) < 4.78 is 10.3. The minimum Gasteiger partial charge on any atom is -0.492 e. The number of ether oxygens (including phenoxy) is 2. The van der Waals surface area contributed by atoms with Crippen molar-refractivity contribution < 1.29 is 19.1 Å². The van der Waals surface area contributed by atoms with E-state index in [-0.39, 0.29) is 18.0 Å². The second-order valence-electron chi connectivity index (χ2n) is 6.42. The largest absolute Gasteiger partial charge is 0.492 e. The smallest absolute Gasteiger partial charge is 0.337 e. The maximum atomic E-state index is 12.3. The van der Waals surface area contributed by atoms with Crippen molar-refractivity contribution in [1.29, 1.82) is 0 Å². The average Bonchev–Trinajstić information content (AvgIpc) is 3.22. The molecule has 27 heavy (non-hydrogen) atoms. The van der Waals surface area contributed by atoms with Crippen LogP contribution in [0.15, 0.2) is 54.6 Å². The van der Waals surface area contributed by atoms with E-state index in [2.05, 4.69) is 27.5 Å². The SMILES string of the molecule is COC(=O)c1cccc(OCCNC(=O)[C@H]2CC[C@H](c3ccccc3)N2)c1. The number of esters is 1. The van der Waals surface area contributed by atoms with E-state index in [1.165, 1.54) is 12.7 Å². The third-order valence-corrected chi connectivity index (χ3v) is 4.59. The summed E-state index contributed by atoms with van der Waals surface area (Å²) in [7, 11) is 1.34. The zero-order valence-electron chi connectivity index (χ0n) is 15.3. The Bertz CT molecular complexity index is 779. The number of carbonyl (C=O) groups excluding carboxylic acids is 2. The van der Waals surface area contributed by atoms with E-state index in [1.807, 2.05) is 18.2 Å². The third kappa shape index (κ3) is 5.08. The van der Waals surface area contributed by atoms with E-state index < -0.39 is 5.97 Å². The van der Waals surface area contributed by atoms with Gasteiger partial charge in [0.2, 0.25) is 5.91 Å². The van der Waals surface area contributed by atoms with Crippen LogP contribution in [0.4, 0.5) is 0 Å². The van der Waals surface area contributed by atoms with Crippen LogP contribution in [0.25, 0.3) is 0 Å². The molecule has 0 aromatic heterocycles. The molecule has 1 aliphatic heterocycles. The number of benzene rings is 2. The van der Waals surface area contributed by atoms with Crippen molar-refractivity contribution in [3.05, 3.63) is 65.7 Å². The maximum absolute atomic E-state index is 12.3. The molecule has 2 aromatic carbocycles. The highest BCUT2D eigenvalue weighted by Crippen LogP contribution is 2.26. The van der Waals surface area contributed by atoms with Crippen molar-refractivity contribution in [1.82, 2.24) is 10.6 Å². The number of hydrogen-bond donors (Lipinski definition) is 2. The first-order valence-corrected chi connectivity index (χ1v) is 9.07. The minimum atomic E-state index is -0.408. The Hall–Kier alpha value is -2.86. The summed E-state index contributed by atoms with van der Waals surface area (Å²) >= 11 is 0. The van der Waals surface area contributed by atoms with E-state index >= 15 is 0 Å². The molecule has 142 valence electrons. The van der Waals surface area contributed by atoms with E-state index in [0.29, 0.717) is 24.5 Å². The topological polar surface area (TPSA) is 76.7 Å². The number of methoxy groups -OCH3 is 1. The molecule has 0 spiro atoms. The molecule has 1 amide bonds. The van der Waals surface area contributed by atoms with Crippen LogP contribution in [-0.2, 0) is 9.53 Å². The van der Waals surface area contributed by atoms with Gasteiger partial charge in [-0.15, -0.1) is 0 Å². The zero-order chi connectivity index (χ0) is 19.1. The highest BCUT2D eigenvalue weighted by atomic mass is 16.5. The average molecular weight is 368 g/mol. The Morgan fingerprint density at radius 1 is 1.11 bits per heavy atom. The van der Waals surface area contributed by atoms with Crippen LogP contribution < -0.4 is 15.4 Å². The molecule has 0 radical (unpaired) electrons. The summed E-state index contributed by atoms with van der Waals surface area (Å²) in [4.78, 5) is 23.8. The molecule has 2 N–H and O–H groups in total. The Morgan fingerprint density at radius 3 is 2.70 bits per heavy atom. The molecule has 1 heterocycles. The molecular weight excluding hydrogens is 344 g/mol. The Labute approximate surface area is 158 Å². The summed E-state index contributed by atoms with van der Waals surface area (Å²) in [5.41, 5.74) is 1.64. The maximum Gasteiger partial charge on any atom is 0.337 e. The van der Waals surface area contributed by atoms with Gasteiger partial charge in [0.1, 0.15) is 12.4 Å².